The number of benzene rings is 3. The van der Waals surface area contributed by atoms with E-state index in [4.69, 9.17) is 4.74 Å². The fourth-order valence-electron chi connectivity index (χ4n) is 4.60. The van der Waals surface area contributed by atoms with Crippen LogP contribution in [0.2, 0.25) is 0 Å². The number of nitrogens with one attached hydrogen (secondary N) is 2. The minimum atomic E-state index is -1.68. The quantitative estimate of drug-likeness (QED) is 0.398. The number of fused-ring (bicyclic) bond motifs is 2. The van der Waals surface area contributed by atoms with Crippen LogP contribution < -0.4 is 10.1 Å². The van der Waals surface area contributed by atoms with Gasteiger partial charge in [0.25, 0.3) is 5.91 Å². The molecule has 2 aliphatic rings. The molecule has 1 atom stereocenters. The first-order valence-electron chi connectivity index (χ1n) is 11.7. The van der Waals surface area contributed by atoms with E-state index in [2.05, 4.69) is 15.3 Å². The van der Waals surface area contributed by atoms with Gasteiger partial charge in [-0.15, -0.1) is 0 Å². The van der Waals surface area contributed by atoms with Crippen LogP contribution in [0.3, 0.4) is 0 Å². The number of imidazole rings is 1. The molecule has 3 aromatic carbocycles. The number of amides is 2. The molecular formula is C27H24N4O4. The Balaban J connectivity index is 1.35. The van der Waals surface area contributed by atoms with Crippen molar-refractivity contribution in [1.29, 1.82) is 0 Å². The molecule has 2 amide bonds. The Kier molecular flexibility index (Phi) is 5.04. The van der Waals surface area contributed by atoms with Crippen molar-refractivity contribution in [2.45, 2.75) is 25.1 Å². The van der Waals surface area contributed by atoms with Crippen molar-refractivity contribution in [3.63, 3.8) is 0 Å². The summed E-state index contributed by atoms with van der Waals surface area (Å²) >= 11 is 0. The Morgan fingerprint density at radius 1 is 1.11 bits per heavy atom. The van der Waals surface area contributed by atoms with Crippen molar-refractivity contribution in [2.24, 2.45) is 5.92 Å². The van der Waals surface area contributed by atoms with E-state index in [-0.39, 0.29) is 18.5 Å². The molecule has 4 aromatic rings. The lowest BCUT2D eigenvalue weighted by atomic mass is 9.93. The van der Waals surface area contributed by atoms with Crippen molar-refractivity contribution in [2.75, 3.05) is 6.54 Å². The molecule has 0 spiro atoms. The highest BCUT2D eigenvalue weighted by Crippen LogP contribution is 2.43. The van der Waals surface area contributed by atoms with Gasteiger partial charge in [-0.1, -0.05) is 54.6 Å². The molecule has 1 aromatic heterocycles. The van der Waals surface area contributed by atoms with Gasteiger partial charge in [-0.25, -0.2) is 4.79 Å². The van der Waals surface area contributed by atoms with Crippen molar-refractivity contribution in [3.8, 4) is 6.01 Å². The van der Waals surface area contributed by atoms with E-state index in [0.29, 0.717) is 40.2 Å². The number of H-pyrrole nitrogens is 1. The van der Waals surface area contributed by atoms with Gasteiger partial charge in [-0.3, -0.25) is 9.69 Å². The molecule has 1 unspecified atom stereocenters. The zero-order valence-electron chi connectivity index (χ0n) is 18.9. The van der Waals surface area contributed by atoms with E-state index >= 15 is 0 Å². The summed E-state index contributed by atoms with van der Waals surface area (Å²) in [5.41, 5.74) is 1.88. The van der Waals surface area contributed by atoms with Crippen molar-refractivity contribution in [1.82, 2.24) is 20.2 Å². The standard InChI is InChI=1S/C27H24N4O4/c32-24-20-8-4-5-9-21(20)27(34,31(24)16-18-6-2-1-3-7-18)19-12-13-22-23(14-19)30-25(29-22)35-26(33)28-15-17-10-11-17/h1-9,12-14,17,34H,10-11,15-16H2,(H,28,33)(H,29,30). The first-order chi connectivity index (χ1) is 17.0. The largest absolute Gasteiger partial charge is 0.415 e. The Hall–Kier alpha value is -4.17. The Bertz CT molecular complexity index is 1430. The number of rotatable bonds is 6. The number of carbonyl (C=O) groups excluding carboxylic acids is 2. The third kappa shape index (κ3) is 3.81. The molecule has 0 bridgehead atoms. The summed E-state index contributed by atoms with van der Waals surface area (Å²) < 4.78 is 5.30. The summed E-state index contributed by atoms with van der Waals surface area (Å²) in [4.78, 5) is 34.2. The molecular weight excluding hydrogens is 444 g/mol. The topological polar surface area (TPSA) is 108 Å². The summed E-state index contributed by atoms with van der Waals surface area (Å²) in [6, 6.07) is 22.0. The predicted octanol–water partition coefficient (Wildman–Crippen LogP) is 3.91. The molecule has 35 heavy (non-hydrogen) atoms. The fraction of sp³-hybridized carbons (Fsp3) is 0.222. The Labute approximate surface area is 201 Å². The molecule has 0 saturated heterocycles. The van der Waals surface area contributed by atoms with Gasteiger partial charge >= 0.3 is 12.1 Å². The number of aromatic nitrogens is 2. The lowest BCUT2D eigenvalue weighted by Crippen LogP contribution is -2.44. The van der Waals surface area contributed by atoms with Crippen LogP contribution in [0.25, 0.3) is 11.0 Å². The lowest BCUT2D eigenvalue weighted by molar-refractivity contribution is -0.0542. The van der Waals surface area contributed by atoms with Crippen LogP contribution in [0.4, 0.5) is 4.79 Å². The molecule has 1 aliphatic heterocycles. The lowest BCUT2D eigenvalue weighted by Gasteiger charge is -2.35. The van der Waals surface area contributed by atoms with Crippen LogP contribution in [0.5, 0.6) is 6.01 Å². The maximum atomic E-state index is 13.4. The summed E-state index contributed by atoms with van der Waals surface area (Å²) in [5.74, 6) is 0.297. The van der Waals surface area contributed by atoms with E-state index < -0.39 is 11.8 Å². The van der Waals surface area contributed by atoms with Gasteiger partial charge in [0, 0.05) is 29.8 Å². The molecule has 8 nitrogen and oxygen atoms in total. The first-order valence-corrected chi connectivity index (χ1v) is 11.7. The molecule has 1 fully saturated rings. The number of ether oxygens (including phenoxy) is 1. The second kappa shape index (κ2) is 8.25. The van der Waals surface area contributed by atoms with Crippen molar-refractivity contribution in [3.05, 3.63) is 95.1 Å². The monoisotopic (exact) mass is 468 g/mol. The highest BCUT2D eigenvalue weighted by atomic mass is 16.6. The molecule has 2 heterocycles. The average Bonchev–Trinajstić information content (AvgIpc) is 3.59. The zero-order chi connectivity index (χ0) is 24.0. The number of carbonyl (C=O) groups is 2. The van der Waals surface area contributed by atoms with E-state index in [1.807, 2.05) is 36.4 Å². The average molecular weight is 469 g/mol. The van der Waals surface area contributed by atoms with Crippen LogP contribution in [-0.2, 0) is 12.3 Å². The van der Waals surface area contributed by atoms with Crippen LogP contribution in [0.15, 0.2) is 72.8 Å². The molecule has 0 radical (unpaired) electrons. The van der Waals surface area contributed by atoms with Gasteiger partial charge in [0.15, 0.2) is 5.72 Å². The van der Waals surface area contributed by atoms with Crippen molar-refractivity contribution >= 4 is 23.0 Å². The number of nitrogens with zero attached hydrogens (tertiary/aromatic N) is 2. The van der Waals surface area contributed by atoms with E-state index in [1.54, 1.807) is 36.4 Å². The summed E-state index contributed by atoms with van der Waals surface area (Å²) in [5, 5.41) is 14.9. The Morgan fingerprint density at radius 2 is 1.89 bits per heavy atom. The van der Waals surface area contributed by atoms with E-state index in [9.17, 15) is 14.7 Å². The minimum Gasteiger partial charge on any atom is -0.375 e. The molecule has 8 heteroatoms. The molecule has 3 N–H and O–H groups in total. The van der Waals surface area contributed by atoms with Gasteiger partial charge in [0.2, 0.25) is 0 Å². The van der Waals surface area contributed by atoms with Crippen molar-refractivity contribution < 1.29 is 19.4 Å². The summed E-state index contributed by atoms with van der Waals surface area (Å²) in [6.07, 6.45) is 1.70. The van der Waals surface area contributed by atoms with E-state index in [1.165, 1.54) is 4.90 Å². The van der Waals surface area contributed by atoms with Gasteiger partial charge in [-0.2, -0.15) is 4.98 Å². The van der Waals surface area contributed by atoms with Crippen LogP contribution >= 0.6 is 0 Å². The third-order valence-corrected chi connectivity index (χ3v) is 6.64. The SMILES string of the molecule is O=C(NCC1CC1)Oc1nc2ccc(C3(O)c4ccccc4C(=O)N3Cc3ccccc3)cc2[nH]1. The number of hydrogen-bond donors (Lipinski definition) is 3. The van der Waals surface area contributed by atoms with Crippen LogP contribution in [0.1, 0.15) is 39.9 Å². The first kappa shape index (κ1) is 21.4. The van der Waals surface area contributed by atoms with Crippen LogP contribution in [-0.4, -0.2) is 38.5 Å². The van der Waals surface area contributed by atoms with E-state index in [0.717, 1.165) is 18.4 Å². The summed E-state index contributed by atoms with van der Waals surface area (Å²) in [7, 11) is 0. The van der Waals surface area contributed by atoms with Gasteiger partial charge < -0.3 is 20.1 Å². The fourth-order valence-corrected chi connectivity index (χ4v) is 4.60. The minimum absolute atomic E-state index is 0.0708. The molecule has 1 saturated carbocycles. The number of aromatic amines is 1. The highest BCUT2D eigenvalue weighted by Gasteiger charge is 2.49. The molecule has 1 aliphatic carbocycles. The maximum Gasteiger partial charge on any atom is 0.415 e. The van der Waals surface area contributed by atoms with Gasteiger partial charge in [0.05, 0.1) is 11.0 Å². The molecule has 6 rings (SSSR count). The third-order valence-electron chi connectivity index (χ3n) is 6.64. The normalized spacial score (nSPS) is 19.1. The van der Waals surface area contributed by atoms with Crippen LogP contribution in [0, 0.1) is 5.92 Å². The maximum absolute atomic E-state index is 13.4. The Morgan fingerprint density at radius 3 is 2.69 bits per heavy atom. The highest BCUT2D eigenvalue weighted by molar-refractivity contribution is 6.00. The predicted molar refractivity (Wildman–Crippen MR) is 129 cm³/mol. The second-order valence-corrected chi connectivity index (χ2v) is 9.08. The zero-order valence-corrected chi connectivity index (χ0v) is 18.9. The molecule has 176 valence electrons. The number of aliphatic hydroxyl groups is 1. The van der Waals surface area contributed by atoms with Gasteiger partial charge in [-0.05, 0) is 42.5 Å². The number of hydrogen-bond acceptors (Lipinski definition) is 5. The summed E-state index contributed by atoms with van der Waals surface area (Å²) in [6.45, 7) is 0.836. The second-order valence-electron chi connectivity index (χ2n) is 9.08. The smallest absolute Gasteiger partial charge is 0.375 e. The van der Waals surface area contributed by atoms with Gasteiger partial charge in [0.1, 0.15) is 0 Å².